The lowest BCUT2D eigenvalue weighted by atomic mass is 10.1. The maximum absolute atomic E-state index is 13.1. The number of amides is 1. The fraction of sp³-hybridized carbons (Fsp3) is 0.226. The van der Waals surface area contributed by atoms with Crippen LogP contribution in [0.1, 0.15) is 6.92 Å². The Labute approximate surface area is 247 Å². The second-order valence-corrected chi connectivity index (χ2v) is 11.4. The lowest BCUT2D eigenvalue weighted by Gasteiger charge is -2.32. The number of carbonyl (C=O) groups excluding carboxylic acids is 2. The molecule has 0 radical (unpaired) electrons. The molecular weight excluding hydrogens is 552 g/mol. The summed E-state index contributed by atoms with van der Waals surface area (Å²) in [4.78, 5) is 33.9. The van der Waals surface area contributed by atoms with Crippen LogP contribution in [0.3, 0.4) is 0 Å². The van der Waals surface area contributed by atoms with E-state index in [0.29, 0.717) is 41.7 Å². The molecule has 0 aliphatic carbocycles. The molecule has 1 amide bonds. The van der Waals surface area contributed by atoms with Crippen molar-refractivity contribution in [1.29, 1.82) is 0 Å². The van der Waals surface area contributed by atoms with Crippen molar-refractivity contribution in [2.75, 3.05) is 49.9 Å². The summed E-state index contributed by atoms with van der Waals surface area (Å²) in [5, 5.41) is 3.06. The first kappa shape index (κ1) is 31.9. The third-order valence-corrected chi connectivity index (χ3v) is 8.47. The molecule has 1 aromatic heterocycles. The average Bonchev–Trinajstić information content (AvgIpc) is 3.02. The van der Waals surface area contributed by atoms with Crippen molar-refractivity contribution in [3.8, 4) is 11.3 Å². The molecule has 10 nitrogen and oxygen atoms in total. The average molecular weight is 589 g/mol. The second kappa shape index (κ2) is 14.9. The Morgan fingerprint density at radius 2 is 1.62 bits per heavy atom. The fourth-order valence-corrected chi connectivity index (χ4v) is 5.37. The van der Waals surface area contributed by atoms with E-state index in [4.69, 9.17) is 4.79 Å². The van der Waals surface area contributed by atoms with E-state index in [0.717, 1.165) is 18.7 Å². The number of hydrogen-bond donors (Lipinski definition) is 1. The van der Waals surface area contributed by atoms with Crippen molar-refractivity contribution in [3.05, 3.63) is 103 Å². The molecule has 1 fully saturated rings. The van der Waals surface area contributed by atoms with Gasteiger partial charge in [0.2, 0.25) is 5.95 Å². The minimum absolute atomic E-state index is 0.00155. The zero-order chi connectivity index (χ0) is 30.7. The molecule has 0 bridgehead atoms. The molecule has 2 heterocycles. The lowest BCUT2D eigenvalue weighted by molar-refractivity contribution is -0.128. The highest BCUT2D eigenvalue weighted by Gasteiger charge is 2.22. The van der Waals surface area contributed by atoms with E-state index >= 15 is 0 Å². The van der Waals surface area contributed by atoms with Gasteiger partial charge in [-0.05, 0) is 56.5 Å². The van der Waals surface area contributed by atoms with E-state index in [1.807, 2.05) is 24.7 Å². The monoisotopic (exact) mass is 588 g/mol. The molecule has 3 aromatic rings. The van der Waals surface area contributed by atoms with Crippen LogP contribution >= 0.6 is 0 Å². The largest absolute Gasteiger partial charge is 0.336 e. The number of allylic oxidation sites excluding steroid dienone is 2. The molecule has 1 aliphatic rings. The standard InChI is InChI=1S/C30H34N6O3S.CH2O/c1-5-24(29(37)36-21-19-34(3)20-22-36)12-11-23(2)32-30-31-18-17-28(33-30)25-13-15-27(16-14-25)40(38,39)35(4)26-9-7-6-8-10-26;1-2/h5-18H,2,19-22H2,1,3-4H3,(H,31,32,33);1H2/b12-11-,24-5+;. The smallest absolute Gasteiger partial charge is 0.264 e. The maximum atomic E-state index is 13.1. The highest BCUT2D eigenvalue weighted by Crippen LogP contribution is 2.25. The first-order valence-electron chi connectivity index (χ1n) is 13.2. The van der Waals surface area contributed by atoms with Crippen molar-refractivity contribution in [2.45, 2.75) is 11.8 Å². The van der Waals surface area contributed by atoms with Gasteiger partial charge in [-0.15, -0.1) is 0 Å². The number of sulfonamides is 1. The van der Waals surface area contributed by atoms with Gasteiger partial charge in [-0.1, -0.05) is 43.0 Å². The number of carbonyl (C=O) groups is 2. The number of aromatic nitrogens is 2. The van der Waals surface area contributed by atoms with Gasteiger partial charge in [-0.25, -0.2) is 18.4 Å². The molecular formula is C31H36N6O4S. The number of para-hydroxylation sites is 1. The zero-order valence-corrected chi connectivity index (χ0v) is 24.9. The van der Waals surface area contributed by atoms with Crippen molar-refractivity contribution in [3.63, 3.8) is 0 Å². The van der Waals surface area contributed by atoms with E-state index in [1.54, 1.807) is 79.0 Å². The molecule has 0 atom stereocenters. The minimum atomic E-state index is -3.71. The predicted octanol–water partition coefficient (Wildman–Crippen LogP) is 3.99. The highest BCUT2D eigenvalue weighted by molar-refractivity contribution is 7.92. The highest BCUT2D eigenvalue weighted by atomic mass is 32.2. The molecule has 1 aliphatic heterocycles. The molecule has 1 N–H and O–H groups in total. The van der Waals surface area contributed by atoms with E-state index in [2.05, 4.69) is 33.8 Å². The quantitative estimate of drug-likeness (QED) is 0.295. The maximum Gasteiger partial charge on any atom is 0.264 e. The first-order valence-corrected chi connectivity index (χ1v) is 14.7. The van der Waals surface area contributed by atoms with Gasteiger partial charge >= 0.3 is 0 Å². The van der Waals surface area contributed by atoms with E-state index < -0.39 is 10.0 Å². The molecule has 0 saturated carbocycles. The summed E-state index contributed by atoms with van der Waals surface area (Å²) in [5.74, 6) is 0.332. The Morgan fingerprint density at radius 3 is 2.24 bits per heavy atom. The zero-order valence-electron chi connectivity index (χ0n) is 24.1. The van der Waals surface area contributed by atoms with Crippen LogP contribution < -0.4 is 9.62 Å². The van der Waals surface area contributed by atoms with Gasteiger partial charge < -0.3 is 19.9 Å². The Kier molecular flexibility index (Phi) is 11.3. The van der Waals surface area contributed by atoms with Gasteiger partial charge in [0.15, 0.2) is 0 Å². The van der Waals surface area contributed by atoms with E-state index in [-0.39, 0.29) is 10.8 Å². The lowest BCUT2D eigenvalue weighted by Crippen LogP contribution is -2.47. The van der Waals surface area contributed by atoms with Crippen LogP contribution in [0.4, 0.5) is 11.6 Å². The molecule has 4 rings (SSSR count). The normalized spacial score (nSPS) is 14.2. The SMILES string of the molecule is C=C(/C=C\C(=C/C)C(=O)N1CCN(C)CC1)Nc1nccc(-c2ccc(S(=O)(=O)N(C)c3ccccc3)cc2)n1.C=O. The van der Waals surface area contributed by atoms with E-state index in [1.165, 1.54) is 11.4 Å². The summed E-state index contributed by atoms with van der Waals surface area (Å²) in [5.41, 5.74) is 3.05. The molecule has 0 spiro atoms. The van der Waals surface area contributed by atoms with Crippen LogP contribution in [0.2, 0.25) is 0 Å². The van der Waals surface area contributed by atoms with Crippen LogP contribution in [0, 0.1) is 0 Å². The molecule has 2 aromatic carbocycles. The third-order valence-electron chi connectivity index (χ3n) is 6.67. The van der Waals surface area contributed by atoms with Crippen LogP contribution in [0.5, 0.6) is 0 Å². The van der Waals surface area contributed by atoms with Crippen LogP contribution in [-0.4, -0.2) is 81.2 Å². The second-order valence-electron chi connectivity index (χ2n) is 9.42. The summed E-state index contributed by atoms with van der Waals surface area (Å²) >= 11 is 0. The summed E-state index contributed by atoms with van der Waals surface area (Å²) in [6.07, 6.45) is 6.88. The van der Waals surface area contributed by atoms with Gasteiger partial charge in [0, 0.05) is 56.3 Å². The number of piperazine rings is 1. The minimum Gasteiger partial charge on any atom is -0.336 e. The Morgan fingerprint density at radius 1 is 0.976 bits per heavy atom. The third kappa shape index (κ3) is 7.99. The van der Waals surface area contributed by atoms with E-state index in [9.17, 15) is 13.2 Å². The van der Waals surface area contributed by atoms with Crippen molar-refractivity contribution < 1.29 is 18.0 Å². The van der Waals surface area contributed by atoms with Gasteiger partial charge in [-0.3, -0.25) is 9.10 Å². The van der Waals surface area contributed by atoms with Gasteiger partial charge in [0.25, 0.3) is 15.9 Å². The molecule has 1 saturated heterocycles. The number of benzene rings is 2. The number of hydrogen-bond acceptors (Lipinski definition) is 8. The molecule has 42 heavy (non-hydrogen) atoms. The Hall–Kier alpha value is -4.61. The van der Waals surface area contributed by atoms with Crippen LogP contribution in [-0.2, 0) is 19.6 Å². The Balaban J connectivity index is 0.00000237. The first-order chi connectivity index (χ1) is 20.2. The summed E-state index contributed by atoms with van der Waals surface area (Å²) in [6.45, 7) is 11.0. The number of nitrogens with one attached hydrogen (secondary N) is 1. The van der Waals surface area contributed by atoms with Crippen molar-refractivity contribution in [1.82, 2.24) is 19.8 Å². The summed E-state index contributed by atoms with van der Waals surface area (Å²) in [7, 11) is -0.128. The van der Waals surface area contributed by atoms with Crippen molar-refractivity contribution in [2.24, 2.45) is 0 Å². The summed E-state index contributed by atoms with van der Waals surface area (Å²) in [6, 6.07) is 17.2. The number of rotatable bonds is 9. The van der Waals surface area contributed by atoms with Gasteiger partial charge in [0.05, 0.1) is 16.3 Å². The molecule has 0 unspecified atom stereocenters. The topological polar surface area (TPSA) is 116 Å². The molecule has 220 valence electrons. The van der Waals surface area contributed by atoms with Crippen LogP contribution in [0.15, 0.2) is 108 Å². The van der Waals surface area contributed by atoms with Gasteiger partial charge in [-0.2, -0.15) is 0 Å². The number of anilines is 2. The van der Waals surface area contributed by atoms with Crippen molar-refractivity contribution >= 4 is 34.4 Å². The fourth-order valence-electron chi connectivity index (χ4n) is 4.17. The van der Waals surface area contributed by atoms with Crippen LogP contribution in [0.25, 0.3) is 11.3 Å². The molecule has 11 heteroatoms. The summed E-state index contributed by atoms with van der Waals surface area (Å²) < 4.78 is 27.4. The number of likely N-dealkylation sites (N-methyl/N-ethyl adjacent to an activating group) is 1. The number of nitrogens with zero attached hydrogens (tertiary/aromatic N) is 5. The Bertz CT molecular complexity index is 1530. The predicted molar refractivity (Wildman–Crippen MR) is 166 cm³/mol. The van der Waals surface area contributed by atoms with Gasteiger partial charge in [0.1, 0.15) is 6.79 Å².